The number of carbonyl (C=O) groups is 1. The highest BCUT2D eigenvalue weighted by molar-refractivity contribution is 7.98. The van der Waals surface area contributed by atoms with E-state index in [1.54, 1.807) is 48.6 Å². The highest BCUT2D eigenvalue weighted by Gasteiger charge is 2.19. The Hall–Kier alpha value is -3.00. The predicted molar refractivity (Wildman–Crippen MR) is 106 cm³/mol. The minimum atomic E-state index is -0.386. The van der Waals surface area contributed by atoms with Crippen molar-refractivity contribution in [1.29, 1.82) is 0 Å². The summed E-state index contributed by atoms with van der Waals surface area (Å²) in [5.41, 5.74) is 1.41. The monoisotopic (exact) mass is 381 g/mol. The third-order valence-electron chi connectivity index (χ3n) is 3.89. The molecule has 138 valence electrons. The molecule has 0 saturated heterocycles. The van der Waals surface area contributed by atoms with Crippen LogP contribution in [-0.2, 0) is 0 Å². The number of aromatic nitrogens is 4. The fraction of sp³-hybridized carbons (Fsp3) is 0.211. The number of carbonyl (C=O) groups excluding carboxylic acids is 1. The van der Waals surface area contributed by atoms with Crippen LogP contribution in [-0.4, -0.2) is 37.9 Å². The SMILES string of the molecule is CSCC[C@@H](NC(=O)c1cccnc1)c1cc(=O)[nH]c(-c2cccnc2)n1. The Morgan fingerprint density at radius 2 is 2.00 bits per heavy atom. The third-order valence-corrected chi connectivity index (χ3v) is 4.54. The van der Waals surface area contributed by atoms with Crippen LogP contribution in [0.1, 0.15) is 28.5 Å². The molecule has 27 heavy (non-hydrogen) atoms. The van der Waals surface area contributed by atoms with Gasteiger partial charge in [0.2, 0.25) is 0 Å². The minimum Gasteiger partial charge on any atom is -0.344 e. The molecule has 3 heterocycles. The molecule has 8 heteroatoms. The van der Waals surface area contributed by atoms with Crippen molar-refractivity contribution in [3.8, 4) is 11.4 Å². The second kappa shape index (κ2) is 9.09. The van der Waals surface area contributed by atoms with Gasteiger partial charge < -0.3 is 10.3 Å². The Morgan fingerprint density at radius 1 is 1.22 bits per heavy atom. The molecule has 3 rings (SSSR count). The maximum absolute atomic E-state index is 12.5. The lowest BCUT2D eigenvalue weighted by molar-refractivity contribution is 0.0934. The maximum atomic E-state index is 12.5. The van der Waals surface area contributed by atoms with Crippen LogP contribution in [0.15, 0.2) is 59.9 Å². The van der Waals surface area contributed by atoms with Gasteiger partial charge in [0.25, 0.3) is 11.5 Å². The molecule has 2 N–H and O–H groups in total. The van der Waals surface area contributed by atoms with Crippen molar-refractivity contribution in [1.82, 2.24) is 25.3 Å². The van der Waals surface area contributed by atoms with Crippen LogP contribution in [0.4, 0.5) is 0 Å². The van der Waals surface area contributed by atoms with Crippen LogP contribution in [0.25, 0.3) is 11.4 Å². The number of thioether (sulfide) groups is 1. The molecule has 0 spiro atoms. The van der Waals surface area contributed by atoms with Gasteiger partial charge in [0.15, 0.2) is 0 Å². The van der Waals surface area contributed by atoms with E-state index < -0.39 is 0 Å². The van der Waals surface area contributed by atoms with Crippen molar-refractivity contribution >= 4 is 17.7 Å². The number of hydrogen-bond acceptors (Lipinski definition) is 6. The van der Waals surface area contributed by atoms with E-state index in [0.717, 1.165) is 5.75 Å². The Labute approximate surface area is 160 Å². The van der Waals surface area contributed by atoms with Crippen LogP contribution in [0.2, 0.25) is 0 Å². The Morgan fingerprint density at radius 3 is 2.67 bits per heavy atom. The van der Waals surface area contributed by atoms with E-state index in [0.29, 0.717) is 29.1 Å². The second-order valence-corrected chi connectivity index (χ2v) is 6.80. The minimum absolute atomic E-state index is 0.251. The Bertz CT molecular complexity index is 947. The number of aromatic amines is 1. The molecule has 3 aromatic heterocycles. The van der Waals surface area contributed by atoms with Gasteiger partial charge in [-0.25, -0.2) is 4.98 Å². The Kier molecular flexibility index (Phi) is 6.32. The summed E-state index contributed by atoms with van der Waals surface area (Å²) in [6.07, 6.45) is 9.05. The number of pyridine rings is 2. The van der Waals surface area contributed by atoms with Gasteiger partial charge in [-0.3, -0.25) is 19.6 Å². The fourth-order valence-corrected chi connectivity index (χ4v) is 3.03. The number of amides is 1. The number of hydrogen-bond donors (Lipinski definition) is 2. The molecule has 0 aliphatic rings. The predicted octanol–water partition coefficient (Wildman–Crippen LogP) is 2.45. The number of H-pyrrole nitrogens is 1. The van der Waals surface area contributed by atoms with Gasteiger partial charge in [0.1, 0.15) is 5.82 Å². The lowest BCUT2D eigenvalue weighted by Gasteiger charge is -2.18. The van der Waals surface area contributed by atoms with Crippen LogP contribution < -0.4 is 10.9 Å². The summed E-state index contributed by atoms with van der Waals surface area (Å²) in [4.78, 5) is 40.1. The molecule has 7 nitrogen and oxygen atoms in total. The molecule has 0 radical (unpaired) electrons. The summed E-state index contributed by atoms with van der Waals surface area (Å²) in [5, 5.41) is 2.97. The molecular weight excluding hydrogens is 362 g/mol. The molecule has 0 bridgehead atoms. The van der Waals surface area contributed by atoms with Crippen molar-refractivity contribution in [2.45, 2.75) is 12.5 Å². The molecule has 0 aromatic carbocycles. The zero-order valence-corrected chi connectivity index (χ0v) is 15.6. The van der Waals surface area contributed by atoms with Crippen LogP contribution in [0, 0.1) is 0 Å². The first-order valence-corrected chi connectivity index (χ1v) is 9.78. The molecule has 0 fully saturated rings. The van der Waals surface area contributed by atoms with Crippen molar-refractivity contribution < 1.29 is 4.79 Å². The van der Waals surface area contributed by atoms with E-state index in [1.807, 2.05) is 12.3 Å². The van der Waals surface area contributed by atoms with Gasteiger partial charge in [-0.2, -0.15) is 11.8 Å². The summed E-state index contributed by atoms with van der Waals surface area (Å²) in [7, 11) is 0. The summed E-state index contributed by atoms with van der Waals surface area (Å²) in [6, 6.07) is 8.03. The third kappa shape index (κ3) is 5.01. The van der Waals surface area contributed by atoms with E-state index >= 15 is 0 Å². The fourth-order valence-electron chi connectivity index (χ4n) is 2.56. The number of nitrogens with one attached hydrogen (secondary N) is 2. The average Bonchev–Trinajstić information content (AvgIpc) is 2.71. The van der Waals surface area contributed by atoms with Crippen molar-refractivity contribution in [2.24, 2.45) is 0 Å². The van der Waals surface area contributed by atoms with Gasteiger partial charge in [-0.1, -0.05) is 0 Å². The van der Waals surface area contributed by atoms with Crippen molar-refractivity contribution in [3.05, 3.63) is 76.7 Å². The zero-order chi connectivity index (χ0) is 19.1. The molecule has 1 amide bonds. The molecule has 0 aliphatic carbocycles. The van der Waals surface area contributed by atoms with E-state index in [-0.39, 0.29) is 17.5 Å². The second-order valence-electron chi connectivity index (χ2n) is 5.81. The first-order valence-electron chi connectivity index (χ1n) is 8.39. The van der Waals surface area contributed by atoms with Gasteiger partial charge in [-0.15, -0.1) is 0 Å². The zero-order valence-electron chi connectivity index (χ0n) is 14.8. The smallest absolute Gasteiger partial charge is 0.253 e. The van der Waals surface area contributed by atoms with Crippen LogP contribution in [0.3, 0.4) is 0 Å². The molecule has 3 aromatic rings. The summed E-state index contributed by atoms with van der Waals surface area (Å²) >= 11 is 1.66. The van der Waals surface area contributed by atoms with Crippen molar-refractivity contribution in [3.63, 3.8) is 0 Å². The van der Waals surface area contributed by atoms with E-state index in [9.17, 15) is 9.59 Å². The lowest BCUT2D eigenvalue weighted by Crippen LogP contribution is -2.30. The van der Waals surface area contributed by atoms with Gasteiger partial charge in [0, 0.05) is 36.4 Å². The number of nitrogens with zero attached hydrogens (tertiary/aromatic N) is 3. The summed E-state index contributed by atoms with van der Waals surface area (Å²) < 4.78 is 0. The quantitative estimate of drug-likeness (QED) is 0.652. The van der Waals surface area contributed by atoms with Crippen LogP contribution >= 0.6 is 11.8 Å². The first kappa shape index (κ1) is 18.8. The molecule has 0 saturated carbocycles. The summed E-state index contributed by atoms with van der Waals surface area (Å²) in [6.45, 7) is 0. The van der Waals surface area contributed by atoms with E-state index in [4.69, 9.17) is 0 Å². The highest BCUT2D eigenvalue weighted by Crippen LogP contribution is 2.19. The maximum Gasteiger partial charge on any atom is 0.253 e. The number of rotatable bonds is 7. The molecule has 0 aliphatic heterocycles. The lowest BCUT2D eigenvalue weighted by atomic mass is 10.1. The van der Waals surface area contributed by atoms with Gasteiger partial charge in [-0.05, 0) is 42.7 Å². The van der Waals surface area contributed by atoms with Gasteiger partial charge in [0.05, 0.1) is 17.3 Å². The average molecular weight is 381 g/mol. The molecular formula is C19H19N5O2S. The Balaban J connectivity index is 1.91. The van der Waals surface area contributed by atoms with Gasteiger partial charge >= 0.3 is 0 Å². The summed E-state index contributed by atoms with van der Waals surface area (Å²) in [5.74, 6) is 0.990. The topological polar surface area (TPSA) is 101 Å². The first-order chi connectivity index (χ1) is 13.2. The highest BCUT2D eigenvalue weighted by atomic mass is 32.2. The molecule has 0 unspecified atom stereocenters. The largest absolute Gasteiger partial charge is 0.344 e. The van der Waals surface area contributed by atoms with Crippen molar-refractivity contribution in [2.75, 3.05) is 12.0 Å². The normalized spacial score (nSPS) is 11.7. The molecule has 1 atom stereocenters. The standard InChI is InChI=1S/C19H19N5O2S/c1-27-9-6-15(23-19(26)14-5-3-8-21-12-14)16-10-17(25)24-18(22-16)13-4-2-7-20-11-13/h2-5,7-8,10-12,15H,6,9H2,1H3,(H,23,26)(H,22,24,25)/t15-/m1/s1. The van der Waals surface area contributed by atoms with Crippen LogP contribution in [0.5, 0.6) is 0 Å². The van der Waals surface area contributed by atoms with E-state index in [2.05, 4.69) is 25.3 Å². The van der Waals surface area contributed by atoms with E-state index in [1.165, 1.54) is 12.3 Å².